The van der Waals surface area contributed by atoms with E-state index >= 15 is 0 Å². The van der Waals surface area contributed by atoms with Gasteiger partial charge in [0.2, 0.25) is 0 Å². The predicted octanol–water partition coefficient (Wildman–Crippen LogP) is 6.77. The number of hydrogen-bond donors (Lipinski definition) is 2. The van der Waals surface area contributed by atoms with Gasteiger partial charge in [0.1, 0.15) is 11.6 Å². The summed E-state index contributed by atoms with van der Waals surface area (Å²) in [5.41, 5.74) is -10.7. The van der Waals surface area contributed by atoms with Crippen LogP contribution in [0.25, 0.3) is 0 Å². The van der Waals surface area contributed by atoms with Crippen molar-refractivity contribution in [2.24, 2.45) is 0 Å². The van der Waals surface area contributed by atoms with Crippen molar-refractivity contribution in [1.29, 1.82) is 0 Å². The van der Waals surface area contributed by atoms with Crippen LogP contribution < -0.4 is 0 Å². The smallest absolute Gasteiger partial charge is 0.417 e. The first kappa shape index (κ1) is 26.7. The van der Waals surface area contributed by atoms with Crippen molar-refractivity contribution >= 4 is 0 Å². The quantitative estimate of drug-likeness (QED) is 0.452. The Morgan fingerprint density at radius 2 is 1.24 bits per heavy atom. The molecule has 0 amide bonds. The fourth-order valence-corrected chi connectivity index (χ4v) is 3.60. The maximum Gasteiger partial charge on any atom is 0.417 e. The van der Waals surface area contributed by atoms with Crippen molar-refractivity contribution in [3.63, 3.8) is 0 Å². The maximum atomic E-state index is 13.9. The molecular formula is C21H18F10O2. The number of alkyl halides is 9. The average molecular weight is 492 g/mol. The van der Waals surface area contributed by atoms with Crippen molar-refractivity contribution in [2.45, 2.75) is 56.2 Å². The van der Waals surface area contributed by atoms with Gasteiger partial charge in [-0.1, -0.05) is 13.8 Å². The molecule has 2 aromatic carbocycles. The highest BCUT2D eigenvalue weighted by atomic mass is 19.4. The minimum atomic E-state index is -5.50. The fraction of sp³-hybridized carbons (Fsp3) is 0.429. The summed E-state index contributed by atoms with van der Waals surface area (Å²) in [6, 6.07) is 2.36. The van der Waals surface area contributed by atoms with Crippen LogP contribution in [0.4, 0.5) is 43.9 Å². The lowest BCUT2D eigenvalue weighted by molar-refractivity contribution is -0.266. The van der Waals surface area contributed by atoms with Crippen LogP contribution in [0.5, 0.6) is 5.75 Å². The monoisotopic (exact) mass is 492 g/mol. The van der Waals surface area contributed by atoms with E-state index in [4.69, 9.17) is 0 Å². The average Bonchev–Trinajstić information content (AvgIpc) is 2.60. The molecule has 2 rings (SSSR count). The van der Waals surface area contributed by atoms with Gasteiger partial charge >= 0.3 is 18.5 Å². The van der Waals surface area contributed by atoms with Gasteiger partial charge in [0.25, 0.3) is 0 Å². The van der Waals surface area contributed by atoms with Crippen molar-refractivity contribution < 1.29 is 54.1 Å². The van der Waals surface area contributed by atoms with Crippen LogP contribution in [0.15, 0.2) is 36.4 Å². The number of rotatable bonds is 5. The van der Waals surface area contributed by atoms with Crippen LogP contribution >= 0.6 is 0 Å². The number of aromatic hydroxyl groups is 1. The van der Waals surface area contributed by atoms with E-state index in [1.807, 2.05) is 0 Å². The molecule has 0 aliphatic rings. The molecular weight excluding hydrogens is 474 g/mol. The van der Waals surface area contributed by atoms with Gasteiger partial charge in [0, 0.05) is 12.0 Å². The maximum absolute atomic E-state index is 13.9. The summed E-state index contributed by atoms with van der Waals surface area (Å²) in [6.07, 6.45) is -19.0. The summed E-state index contributed by atoms with van der Waals surface area (Å²) in [5, 5.41) is 20.4. The van der Waals surface area contributed by atoms with E-state index in [-0.39, 0.29) is 23.8 Å². The third-order valence-electron chi connectivity index (χ3n) is 5.09. The first-order chi connectivity index (χ1) is 14.7. The summed E-state index contributed by atoms with van der Waals surface area (Å²) in [5.74, 6) is -1.52. The van der Waals surface area contributed by atoms with Crippen LogP contribution in [0.2, 0.25) is 0 Å². The van der Waals surface area contributed by atoms with Crippen LogP contribution in [0, 0.1) is 5.82 Å². The normalized spacial score (nSPS) is 15.4. The molecule has 12 heteroatoms. The first-order valence-corrected chi connectivity index (χ1v) is 9.22. The van der Waals surface area contributed by atoms with Crippen molar-refractivity contribution in [3.05, 3.63) is 64.5 Å². The standard InChI is InChI=1S/C21H18F10O2/c1-17(2,15-8-14(22)3-4-16(15)32)10-18(33,21(29,30)31)9-11-5-12(19(23,24)25)7-13(6-11)20(26,27)28/h3-8,32-33H,9-10H2,1-2H3. The lowest BCUT2D eigenvalue weighted by Crippen LogP contribution is -2.50. The Kier molecular flexibility index (Phi) is 6.79. The van der Waals surface area contributed by atoms with Crippen molar-refractivity contribution in [3.8, 4) is 5.75 Å². The molecule has 0 saturated carbocycles. The molecule has 1 atom stereocenters. The lowest BCUT2D eigenvalue weighted by atomic mass is 9.72. The van der Waals surface area contributed by atoms with Crippen LogP contribution in [-0.4, -0.2) is 22.0 Å². The molecule has 1 unspecified atom stereocenters. The molecule has 0 bridgehead atoms. The number of phenols is 1. The summed E-state index contributed by atoms with van der Waals surface area (Å²) in [6.45, 7) is 2.21. The number of phenolic OH excluding ortho intramolecular Hbond substituents is 1. The largest absolute Gasteiger partial charge is 0.508 e. The fourth-order valence-electron chi connectivity index (χ4n) is 3.60. The molecule has 0 aliphatic heterocycles. The topological polar surface area (TPSA) is 40.5 Å². The van der Waals surface area contributed by atoms with Crippen LogP contribution in [0.3, 0.4) is 0 Å². The third-order valence-corrected chi connectivity index (χ3v) is 5.09. The van der Waals surface area contributed by atoms with Crippen LogP contribution in [0.1, 0.15) is 42.5 Å². The van der Waals surface area contributed by atoms with Gasteiger partial charge in [-0.15, -0.1) is 0 Å². The third kappa shape index (κ3) is 6.10. The van der Waals surface area contributed by atoms with E-state index < -0.39 is 70.6 Å². The molecule has 0 spiro atoms. The van der Waals surface area contributed by atoms with Gasteiger partial charge < -0.3 is 10.2 Å². The molecule has 0 saturated heterocycles. The summed E-state index contributed by atoms with van der Waals surface area (Å²) >= 11 is 0. The van der Waals surface area contributed by atoms with E-state index in [1.54, 1.807) is 0 Å². The highest BCUT2D eigenvalue weighted by Crippen LogP contribution is 2.46. The van der Waals surface area contributed by atoms with E-state index in [2.05, 4.69) is 0 Å². The molecule has 184 valence electrons. The van der Waals surface area contributed by atoms with Gasteiger partial charge in [-0.25, -0.2) is 4.39 Å². The Morgan fingerprint density at radius 1 is 0.758 bits per heavy atom. The predicted molar refractivity (Wildman–Crippen MR) is 96.9 cm³/mol. The lowest BCUT2D eigenvalue weighted by Gasteiger charge is -2.38. The molecule has 0 heterocycles. The number of halogens is 10. The van der Waals surface area contributed by atoms with Gasteiger partial charge in [0.15, 0.2) is 5.60 Å². The Hall–Kier alpha value is -2.50. The molecule has 0 radical (unpaired) electrons. The first-order valence-electron chi connectivity index (χ1n) is 9.22. The number of hydrogen-bond acceptors (Lipinski definition) is 2. The zero-order valence-electron chi connectivity index (χ0n) is 17.1. The van der Waals surface area contributed by atoms with Gasteiger partial charge in [-0.2, -0.15) is 39.5 Å². The molecule has 2 nitrogen and oxygen atoms in total. The van der Waals surface area contributed by atoms with Crippen LogP contribution in [-0.2, 0) is 24.2 Å². The summed E-state index contributed by atoms with van der Waals surface area (Å²) in [7, 11) is 0. The van der Waals surface area contributed by atoms with E-state index in [1.165, 1.54) is 0 Å². The zero-order valence-corrected chi connectivity index (χ0v) is 17.1. The molecule has 2 aromatic rings. The molecule has 33 heavy (non-hydrogen) atoms. The zero-order chi connectivity index (χ0) is 25.6. The summed E-state index contributed by atoms with van der Waals surface area (Å²) in [4.78, 5) is 0. The van der Waals surface area contributed by atoms with E-state index in [9.17, 15) is 54.1 Å². The Bertz CT molecular complexity index is 973. The van der Waals surface area contributed by atoms with Crippen molar-refractivity contribution in [1.82, 2.24) is 0 Å². The Morgan fingerprint density at radius 3 is 1.67 bits per heavy atom. The molecule has 0 fully saturated rings. The van der Waals surface area contributed by atoms with Gasteiger partial charge in [0.05, 0.1) is 11.1 Å². The van der Waals surface area contributed by atoms with E-state index in [0.717, 1.165) is 32.0 Å². The highest BCUT2D eigenvalue weighted by Gasteiger charge is 2.56. The second-order valence-electron chi connectivity index (χ2n) is 8.34. The highest BCUT2D eigenvalue weighted by molar-refractivity contribution is 5.39. The minimum absolute atomic E-state index is 0.0958. The second-order valence-corrected chi connectivity index (χ2v) is 8.34. The van der Waals surface area contributed by atoms with Gasteiger partial charge in [-0.3, -0.25) is 0 Å². The molecule has 0 aromatic heterocycles. The Labute approximate surface area is 181 Å². The molecule has 2 N–H and O–H groups in total. The SMILES string of the molecule is CC(C)(CC(O)(Cc1cc(C(F)(F)F)cc(C(F)(F)F)c1)C(F)(F)F)c1cc(F)ccc1O. The van der Waals surface area contributed by atoms with E-state index in [0.29, 0.717) is 0 Å². The second kappa shape index (κ2) is 8.37. The number of aliphatic hydroxyl groups is 1. The van der Waals surface area contributed by atoms with Gasteiger partial charge in [-0.05, 0) is 53.8 Å². The Balaban J connectivity index is 2.59. The molecule has 0 aliphatic carbocycles. The minimum Gasteiger partial charge on any atom is -0.508 e. The number of benzene rings is 2. The summed E-state index contributed by atoms with van der Waals surface area (Å²) < 4.78 is 134. The van der Waals surface area contributed by atoms with Crippen molar-refractivity contribution in [2.75, 3.05) is 0 Å².